The molecular formula is C27H28N2O5. The van der Waals surface area contributed by atoms with Gasteiger partial charge in [-0.15, -0.1) is 0 Å². The number of rotatable bonds is 9. The molecule has 0 aromatic heterocycles. The van der Waals surface area contributed by atoms with Gasteiger partial charge < -0.3 is 19.5 Å². The van der Waals surface area contributed by atoms with Crippen molar-refractivity contribution in [3.63, 3.8) is 0 Å². The summed E-state index contributed by atoms with van der Waals surface area (Å²) in [6.07, 6.45) is -0.000588. The lowest BCUT2D eigenvalue weighted by Gasteiger charge is -2.16. The van der Waals surface area contributed by atoms with Gasteiger partial charge in [0, 0.05) is 11.1 Å². The minimum absolute atomic E-state index is 0.000588. The van der Waals surface area contributed by atoms with Crippen LogP contribution >= 0.6 is 0 Å². The Balaban J connectivity index is 1.79. The van der Waals surface area contributed by atoms with Gasteiger partial charge in [-0.1, -0.05) is 42.5 Å². The van der Waals surface area contributed by atoms with Crippen molar-refractivity contribution in [3.8, 4) is 11.5 Å². The van der Waals surface area contributed by atoms with Crippen LogP contribution in [-0.2, 0) is 14.3 Å². The molecule has 3 aromatic rings. The maximum absolute atomic E-state index is 13.5. The van der Waals surface area contributed by atoms with Crippen molar-refractivity contribution in [3.05, 3.63) is 71.9 Å². The average Bonchev–Trinajstić information content (AvgIpc) is 3.07. The summed E-state index contributed by atoms with van der Waals surface area (Å²) in [4.78, 5) is 28.2. The number of imide groups is 1. The van der Waals surface area contributed by atoms with E-state index in [1.165, 1.54) is 12.0 Å². The van der Waals surface area contributed by atoms with E-state index in [0.717, 1.165) is 16.5 Å². The van der Waals surface area contributed by atoms with Crippen LogP contribution in [0.25, 0.3) is 16.3 Å². The third kappa shape index (κ3) is 4.47. The Kier molecular flexibility index (Phi) is 6.84. The van der Waals surface area contributed by atoms with Crippen molar-refractivity contribution >= 4 is 33.8 Å². The van der Waals surface area contributed by atoms with E-state index in [4.69, 9.17) is 14.2 Å². The number of benzene rings is 3. The molecule has 4 rings (SSSR count). The van der Waals surface area contributed by atoms with Gasteiger partial charge in [0.2, 0.25) is 0 Å². The van der Waals surface area contributed by atoms with E-state index in [1.807, 2.05) is 56.3 Å². The molecule has 0 unspecified atom stereocenters. The fourth-order valence-electron chi connectivity index (χ4n) is 4.00. The molecule has 0 saturated heterocycles. The van der Waals surface area contributed by atoms with E-state index in [9.17, 15) is 9.59 Å². The highest BCUT2D eigenvalue weighted by atomic mass is 16.5. The number of carbonyl (C=O) groups excluding carboxylic acids is 2. The number of amides is 2. The fourth-order valence-corrected chi connectivity index (χ4v) is 4.00. The van der Waals surface area contributed by atoms with Crippen LogP contribution in [0.2, 0.25) is 0 Å². The number of ether oxygens (including phenoxy) is 3. The maximum atomic E-state index is 13.5. The lowest BCUT2D eigenvalue weighted by atomic mass is 10.0. The summed E-state index contributed by atoms with van der Waals surface area (Å²) in [7, 11) is 3.08. The van der Waals surface area contributed by atoms with Gasteiger partial charge in [0.15, 0.2) is 11.5 Å². The predicted octanol–water partition coefficient (Wildman–Crippen LogP) is 4.47. The zero-order valence-electron chi connectivity index (χ0n) is 19.8. The summed E-state index contributed by atoms with van der Waals surface area (Å²) in [5, 5.41) is 5.24. The second-order valence-electron chi connectivity index (χ2n) is 8.15. The number of methoxy groups -OCH3 is 2. The molecule has 0 atom stereocenters. The number of nitrogens with zero attached hydrogens (tertiary/aromatic N) is 1. The van der Waals surface area contributed by atoms with Crippen molar-refractivity contribution in [2.24, 2.45) is 0 Å². The second kappa shape index (κ2) is 9.97. The molecule has 3 aromatic carbocycles. The second-order valence-corrected chi connectivity index (χ2v) is 8.15. The highest BCUT2D eigenvalue weighted by molar-refractivity contribution is 6.36. The Bertz CT molecular complexity index is 1260. The normalized spacial score (nSPS) is 13.9. The summed E-state index contributed by atoms with van der Waals surface area (Å²) in [6.45, 7) is 4.24. The van der Waals surface area contributed by atoms with Crippen LogP contribution in [0, 0.1) is 0 Å². The number of hydrogen-bond donors (Lipinski definition) is 1. The first-order valence-corrected chi connectivity index (χ1v) is 11.1. The first kappa shape index (κ1) is 23.3. The highest BCUT2D eigenvalue weighted by Crippen LogP contribution is 2.36. The number of anilines is 1. The van der Waals surface area contributed by atoms with Gasteiger partial charge in [0.25, 0.3) is 11.8 Å². The summed E-state index contributed by atoms with van der Waals surface area (Å²) in [5.74, 6) is 0.232. The third-order valence-corrected chi connectivity index (χ3v) is 5.66. The number of fused-ring (bicyclic) bond motifs is 1. The molecule has 7 heteroatoms. The largest absolute Gasteiger partial charge is 0.493 e. The van der Waals surface area contributed by atoms with E-state index < -0.39 is 5.91 Å². The van der Waals surface area contributed by atoms with E-state index in [2.05, 4.69) is 5.32 Å². The minimum atomic E-state index is -0.393. The first-order valence-electron chi connectivity index (χ1n) is 11.1. The lowest BCUT2D eigenvalue weighted by molar-refractivity contribution is -0.137. The van der Waals surface area contributed by atoms with Crippen LogP contribution in [0.4, 0.5) is 5.69 Å². The Morgan fingerprint density at radius 1 is 0.882 bits per heavy atom. The van der Waals surface area contributed by atoms with Crippen molar-refractivity contribution in [2.75, 3.05) is 32.7 Å². The van der Waals surface area contributed by atoms with Gasteiger partial charge in [0.1, 0.15) is 5.70 Å². The minimum Gasteiger partial charge on any atom is -0.493 e. The van der Waals surface area contributed by atoms with E-state index in [0.29, 0.717) is 17.1 Å². The Morgan fingerprint density at radius 2 is 1.62 bits per heavy atom. The zero-order chi connectivity index (χ0) is 24.2. The van der Waals surface area contributed by atoms with Crippen molar-refractivity contribution in [1.29, 1.82) is 0 Å². The van der Waals surface area contributed by atoms with Gasteiger partial charge in [-0.3, -0.25) is 14.5 Å². The van der Waals surface area contributed by atoms with Gasteiger partial charge in [-0.25, -0.2) is 0 Å². The first-order chi connectivity index (χ1) is 16.4. The molecule has 176 valence electrons. The molecule has 34 heavy (non-hydrogen) atoms. The van der Waals surface area contributed by atoms with Gasteiger partial charge in [-0.05, 0) is 43.0 Å². The predicted molar refractivity (Wildman–Crippen MR) is 132 cm³/mol. The molecule has 1 aliphatic rings. The molecule has 1 aliphatic heterocycles. The van der Waals surface area contributed by atoms with Crippen LogP contribution < -0.4 is 14.8 Å². The number of hydrogen-bond acceptors (Lipinski definition) is 6. The molecule has 7 nitrogen and oxygen atoms in total. The summed E-state index contributed by atoms with van der Waals surface area (Å²) >= 11 is 0. The summed E-state index contributed by atoms with van der Waals surface area (Å²) in [6, 6.07) is 18.9. The molecule has 0 fully saturated rings. The Labute approximate surface area is 198 Å². The highest BCUT2D eigenvalue weighted by Gasteiger charge is 2.39. The topological polar surface area (TPSA) is 77.1 Å². The smallest absolute Gasteiger partial charge is 0.278 e. The molecular weight excluding hydrogens is 432 g/mol. The molecule has 2 amide bonds. The van der Waals surface area contributed by atoms with Gasteiger partial charge in [0.05, 0.1) is 39.0 Å². The Hall–Kier alpha value is -3.84. The quantitative estimate of drug-likeness (QED) is 0.475. The van der Waals surface area contributed by atoms with Crippen LogP contribution in [0.3, 0.4) is 0 Å². The lowest BCUT2D eigenvalue weighted by Crippen LogP contribution is -2.35. The van der Waals surface area contributed by atoms with Gasteiger partial charge in [-0.2, -0.15) is 0 Å². The van der Waals surface area contributed by atoms with Crippen molar-refractivity contribution < 1.29 is 23.8 Å². The van der Waals surface area contributed by atoms with Crippen LogP contribution in [0.15, 0.2) is 66.4 Å². The van der Waals surface area contributed by atoms with E-state index in [1.54, 1.807) is 25.3 Å². The average molecular weight is 461 g/mol. The van der Waals surface area contributed by atoms with Crippen LogP contribution in [0.5, 0.6) is 11.5 Å². The number of carbonyl (C=O) groups is 2. The Morgan fingerprint density at radius 3 is 2.35 bits per heavy atom. The molecule has 1 heterocycles. The SMILES string of the molecule is COc1ccc(C2=C(Nc3cccc4ccccc34)C(=O)N(CCOC(C)C)C2=O)cc1OC. The fraction of sp³-hybridized carbons (Fsp3) is 0.259. The summed E-state index contributed by atoms with van der Waals surface area (Å²) in [5.41, 5.74) is 1.81. The van der Waals surface area contributed by atoms with E-state index in [-0.39, 0.29) is 36.4 Å². The third-order valence-electron chi connectivity index (χ3n) is 5.66. The molecule has 1 N–H and O–H groups in total. The van der Waals surface area contributed by atoms with Crippen molar-refractivity contribution in [1.82, 2.24) is 4.90 Å². The van der Waals surface area contributed by atoms with Crippen molar-refractivity contribution in [2.45, 2.75) is 20.0 Å². The standard InChI is InChI=1S/C27H28N2O5/c1-17(2)34-15-14-29-26(30)24(19-12-13-22(32-3)23(16-19)33-4)25(27(29)31)28-21-11-7-9-18-8-5-6-10-20(18)21/h5-13,16-17,28H,14-15H2,1-4H3. The monoisotopic (exact) mass is 460 g/mol. The summed E-state index contributed by atoms with van der Waals surface area (Å²) < 4.78 is 16.4. The van der Waals surface area contributed by atoms with E-state index >= 15 is 0 Å². The maximum Gasteiger partial charge on any atom is 0.278 e. The molecule has 0 aliphatic carbocycles. The van der Waals surface area contributed by atoms with Crippen LogP contribution in [0.1, 0.15) is 19.4 Å². The van der Waals surface area contributed by atoms with Gasteiger partial charge >= 0.3 is 0 Å². The zero-order valence-corrected chi connectivity index (χ0v) is 19.8. The molecule has 0 bridgehead atoms. The number of nitrogens with one attached hydrogen (secondary N) is 1. The molecule has 0 radical (unpaired) electrons. The molecule has 0 spiro atoms. The van der Waals surface area contributed by atoms with Crippen LogP contribution in [-0.4, -0.2) is 50.2 Å². The molecule has 0 saturated carbocycles.